The highest BCUT2D eigenvalue weighted by Gasteiger charge is 2.08. The van der Waals surface area contributed by atoms with Gasteiger partial charge >= 0.3 is 5.97 Å². The fourth-order valence-corrected chi connectivity index (χ4v) is 3.60. The summed E-state index contributed by atoms with van der Waals surface area (Å²) in [6.07, 6.45) is 0. The van der Waals surface area contributed by atoms with Crippen LogP contribution in [-0.2, 0) is 4.79 Å². The first kappa shape index (κ1) is 18.9. The highest BCUT2D eigenvalue weighted by atomic mass is 32.2. The molecule has 0 saturated heterocycles. The maximum atomic E-state index is 10.7. The Morgan fingerprint density at radius 3 is 2.48 bits per heavy atom. The number of imidazole rings is 1. The summed E-state index contributed by atoms with van der Waals surface area (Å²) in [5.74, 6) is 5.57. The molecule has 2 N–H and O–H groups in total. The Bertz CT molecular complexity index is 1230. The third-order valence-corrected chi connectivity index (χ3v) is 5.33. The van der Waals surface area contributed by atoms with E-state index in [1.165, 1.54) is 17.3 Å². The van der Waals surface area contributed by atoms with E-state index in [9.17, 15) is 4.79 Å². The van der Waals surface area contributed by atoms with Gasteiger partial charge in [0.05, 0.1) is 16.8 Å². The van der Waals surface area contributed by atoms with Gasteiger partial charge in [0.2, 0.25) is 0 Å². The van der Waals surface area contributed by atoms with Gasteiger partial charge in [-0.25, -0.2) is 4.98 Å². The van der Waals surface area contributed by atoms with Crippen LogP contribution in [0.4, 0.5) is 0 Å². The zero-order chi connectivity index (χ0) is 20.2. The van der Waals surface area contributed by atoms with Crippen LogP contribution < -0.4 is 0 Å². The van der Waals surface area contributed by atoms with Crippen molar-refractivity contribution in [2.24, 2.45) is 0 Å². The number of thioether (sulfide) groups is 1. The summed E-state index contributed by atoms with van der Waals surface area (Å²) in [7, 11) is 0. The van der Waals surface area contributed by atoms with Crippen molar-refractivity contribution in [1.29, 1.82) is 0 Å². The van der Waals surface area contributed by atoms with E-state index in [0.717, 1.165) is 33.3 Å². The number of hydrogen-bond acceptors (Lipinski definition) is 3. The molecule has 0 atom stereocenters. The van der Waals surface area contributed by atoms with Crippen molar-refractivity contribution in [2.45, 2.75) is 12.1 Å². The van der Waals surface area contributed by atoms with Crippen LogP contribution in [-0.4, -0.2) is 26.8 Å². The van der Waals surface area contributed by atoms with E-state index >= 15 is 0 Å². The van der Waals surface area contributed by atoms with Crippen molar-refractivity contribution >= 4 is 28.8 Å². The molecule has 0 bridgehead atoms. The minimum absolute atomic E-state index is 0.0234. The van der Waals surface area contributed by atoms with Gasteiger partial charge in [-0.15, -0.1) is 0 Å². The van der Waals surface area contributed by atoms with Gasteiger partial charge in [-0.3, -0.25) is 4.79 Å². The molecule has 5 heteroatoms. The number of carboxylic acids is 1. The Morgan fingerprint density at radius 2 is 1.76 bits per heavy atom. The first-order chi connectivity index (χ1) is 14.1. The third-order valence-electron chi connectivity index (χ3n) is 4.47. The van der Waals surface area contributed by atoms with E-state index in [-0.39, 0.29) is 5.75 Å². The summed E-state index contributed by atoms with van der Waals surface area (Å²) < 4.78 is 0. The predicted molar refractivity (Wildman–Crippen MR) is 117 cm³/mol. The first-order valence-corrected chi connectivity index (χ1v) is 10.1. The number of H-pyrrole nitrogens is 1. The number of rotatable bonds is 4. The maximum Gasteiger partial charge on any atom is 0.313 e. The SMILES string of the molecule is Cc1cc2[nH]c(SCC(=O)O)nc2cc1C#Cc1ccc(-c2ccccc2)cc1. The molecule has 0 aliphatic carbocycles. The van der Waals surface area contributed by atoms with Gasteiger partial charge < -0.3 is 10.1 Å². The van der Waals surface area contributed by atoms with Crippen LogP contribution >= 0.6 is 11.8 Å². The van der Waals surface area contributed by atoms with E-state index in [1.54, 1.807) is 0 Å². The van der Waals surface area contributed by atoms with Crippen LogP contribution in [0.3, 0.4) is 0 Å². The van der Waals surface area contributed by atoms with Gasteiger partial charge in [0.25, 0.3) is 0 Å². The normalized spacial score (nSPS) is 10.5. The molecule has 0 unspecified atom stereocenters. The Hall–Kier alpha value is -3.49. The highest BCUT2D eigenvalue weighted by Crippen LogP contribution is 2.23. The van der Waals surface area contributed by atoms with Crippen molar-refractivity contribution in [1.82, 2.24) is 9.97 Å². The zero-order valence-corrected chi connectivity index (χ0v) is 16.6. The van der Waals surface area contributed by atoms with Crippen LogP contribution in [0.1, 0.15) is 16.7 Å². The number of nitrogens with one attached hydrogen (secondary N) is 1. The summed E-state index contributed by atoms with van der Waals surface area (Å²) in [4.78, 5) is 18.4. The molecular formula is C24H18N2O2S. The zero-order valence-electron chi connectivity index (χ0n) is 15.8. The lowest BCUT2D eigenvalue weighted by Crippen LogP contribution is -1.97. The molecule has 0 spiro atoms. The standard InChI is InChI=1S/C24H18N2O2S/c1-16-13-21-22(26-24(25-21)29-15-23(27)28)14-20(16)12-9-17-7-10-19(11-8-17)18-5-3-2-4-6-18/h2-8,10-11,13-14H,15H2,1H3,(H,25,26)(H,27,28). The summed E-state index contributed by atoms with van der Waals surface area (Å²) in [5.41, 5.74) is 6.92. The molecule has 0 aliphatic rings. The van der Waals surface area contributed by atoms with Gasteiger partial charge in [-0.2, -0.15) is 0 Å². The van der Waals surface area contributed by atoms with Crippen molar-refractivity contribution in [2.75, 3.05) is 5.75 Å². The number of carboxylic acid groups (broad SMARTS) is 1. The molecule has 1 heterocycles. The molecule has 1 aromatic heterocycles. The molecule has 142 valence electrons. The van der Waals surface area contributed by atoms with Gasteiger partial charge in [-0.05, 0) is 47.9 Å². The Labute approximate surface area is 173 Å². The topological polar surface area (TPSA) is 66.0 Å². The maximum absolute atomic E-state index is 10.7. The number of aromatic amines is 1. The molecule has 29 heavy (non-hydrogen) atoms. The average Bonchev–Trinajstić information content (AvgIpc) is 3.13. The van der Waals surface area contributed by atoms with E-state index in [0.29, 0.717) is 5.16 Å². The fraction of sp³-hybridized carbons (Fsp3) is 0.0833. The van der Waals surface area contributed by atoms with E-state index in [4.69, 9.17) is 5.11 Å². The van der Waals surface area contributed by atoms with E-state index < -0.39 is 5.97 Å². The monoisotopic (exact) mass is 398 g/mol. The smallest absolute Gasteiger partial charge is 0.313 e. The Morgan fingerprint density at radius 1 is 1.03 bits per heavy atom. The minimum atomic E-state index is -0.864. The first-order valence-electron chi connectivity index (χ1n) is 9.11. The molecule has 0 radical (unpaired) electrons. The van der Waals surface area contributed by atoms with Gasteiger partial charge in [0.15, 0.2) is 5.16 Å². The minimum Gasteiger partial charge on any atom is -0.481 e. The predicted octanol–water partition coefficient (Wildman–Crippen LogP) is 5.11. The molecule has 0 aliphatic heterocycles. The van der Waals surface area contributed by atoms with Gasteiger partial charge in [0, 0.05) is 11.1 Å². The van der Waals surface area contributed by atoms with Crippen molar-refractivity contribution in [3.8, 4) is 23.0 Å². The summed E-state index contributed by atoms with van der Waals surface area (Å²) in [5, 5.41) is 9.42. The molecule has 4 aromatic rings. The lowest BCUT2D eigenvalue weighted by Gasteiger charge is -2.01. The quantitative estimate of drug-likeness (QED) is 0.370. The van der Waals surface area contributed by atoms with E-state index in [2.05, 4.69) is 46.1 Å². The molecular weight excluding hydrogens is 380 g/mol. The molecule has 4 nitrogen and oxygen atoms in total. The van der Waals surface area contributed by atoms with Crippen LogP contribution in [0.5, 0.6) is 0 Å². The van der Waals surface area contributed by atoms with E-state index in [1.807, 2.05) is 49.4 Å². The lowest BCUT2D eigenvalue weighted by atomic mass is 10.0. The number of benzene rings is 3. The van der Waals surface area contributed by atoms with Crippen molar-refractivity contribution < 1.29 is 9.90 Å². The summed E-state index contributed by atoms with van der Waals surface area (Å²) >= 11 is 1.17. The molecule has 4 rings (SSSR count). The van der Waals surface area contributed by atoms with Crippen molar-refractivity contribution in [3.05, 3.63) is 83.4 Å². The number of aliphatic carboxylic acids is 1. The Balaban J connectivity index is 1.57. The second-order valence-corrected chi connectivity index (χ2v) is 7.57. The Kier molecular flexibility index (Phi) is 5.37. The van der Waals surface area contributed by atoms with Crippen molar-refractivity contribution in [3.63, 3.8) is 0 Å². The summed E-state index contributed by atoms with van der Waals surface area (Å²) in [6.45, 7) is 2.01. The second kappa shape index (κ2) is 8.26. The lowest BCUT2D eigenvalue weighted by molar-refractivity contribution is -0.133. The number of nitrogens with zero attached hydrogens (tertiary/aromatic N) is 1. The molecule has 3 aromatic carbocycles. The van der Waals surface area contributed by atoms with Gasteiger partial charge in [0.1, 0.15) is 0 Å². The van der Waals surface area contributed by atoms with Gasteiger partial charge in [-0.1, -0.05) is 66.1 Å². The van der Waals surface area contributed by atoms with Crippen LogP contribution in [0.2, 0.25) is 0 Å². The van der Waals surface area contributed by atoms with Crippen LogP contribution in [0.25, 0.3) is 22.2 Å². The number of hydrogen-bond donors (Lipinski definition) is 2. The van der Waals surface area contributed by atoms with Crippen LogP contribution in [0, 0.1) is 18.8 Å². The number of fused-ring (bicyclic) bond motifs is 1. The molecule has 0 saturated carbocycles. The highest BCUT2D eigenvalue weighted by molar-refractivity contribution is 7.99. The second-order valence-electron chi connectivity index (χ2n) is 6.60. The fourth-order valence-electron chi connectivity index (χ4n) is 2.99. The number of aromatic nitrogens is 2. The summed E-state index contributed by atoms with van der Waals surface area (Å²) in [6, 6.07) is 22.4. The number of aryl methyl sites for hydroxylation is 1. The largest absolute Gasteiger partial charge is 0.481 e. The third kappa shape index (κ3) is 4.50. The number of carbonyl (C=O) groups is 1. The van der Waals surface area contributed by atoms with Crippen LogP contribution in [0.15, 0.2) is 71.9 Å². The molecule has 0 fully saturated rings. The molecule has 0 amide bonds. The average molecular weight is 398 g/mol.